The third-order valence-electron chi connectivity index (χ3n) is 2.61. The highest BCUT2D eigenvalue weighted by Gasteiger charge is 2.18. The molecule has 0 aliphatic carbocycles. The molecule has 104 valence electrons. The van der Waals surface area contributed by atoms with Crippen LogP contribution in [-0.4, -0.2) is 9.13 Å². The lowest BCUT2D eigenvalue weighted by Crippen LogP contribution is -2.03. The quantitative estimate of drug-likeness (QED) is 0.643. The van der Waals surface area contributed by atoms with Crippen molar-refractivity contribution >= 4 is 16.5 Å². The Morgan fingerprint density at radius 3 is 2.50 bits per heavy atom. The third kappa shape index (κ3) is 3.05. The van der Waals surface area contributed by atoms with Gasteiger partial charge in [-0.2, -0.15) is 0 Å². The summed E-state index contributed by atoms with van der Waals surface area (Å²) in [6.45, 7) is 0. The number of rotatable bonds is 4. The van der Waals surface area contributed by atoms with Gasteiger partial charge in [-0.25, -0.2) is 8.78 Å². The second-order valence-corrected chi connectivity index (χ2v) is 5.37. The zero-order valence-corrected chi connectivity index (χ0v) is 10.9. The summed E-state index contributed by atoms with van der Waals surface area (Å²) in [6.07, 6.45) is 0. The molecule has 0 N–H and O–H groups in total. The first-order valence-electron chi connectivity index (χ1n) is 5.55. The van der Waals surface area contributed by atoms with Crippen molar-refractivity contribution in [3.63, 3.8) is 0 Å². The number of nitro groups is 1. The van der Waals surface area contributed by atoms with Gasteiger partial charge < -0.3 is 0 Å². The molecule has 7 heteroatoms. The van der Waals surface area contributed by atoms with Gasteiger partial charge in [-0.1, -0.05) is 12.1 Å². The van der Waals surface area contributed by atoms with Crippen molar-refractivity contribution in [2.45, 2.75) is 10.6 Å². The van der Waals surface area contributed by atoms with Gasteiger partial charge in [-0.05, 0) is 24.3 Å². The van der Waals surface area contributed by atoms with Crippen LogP contribution >= 0.6 is 0 Å². The van der Waals surface area contributed by atoms with E-state index in [9.17, 15) is 23.1 Å². The molecule has 0 aromatic heterocycles. The van der Waals surface area contributed by atoms with E-state index < -0.39 is 27.4 Å². The number of hydrogen-bond donors (Lipinski definition) is 0. The molecule has 2 aromatic rings. The van der Waals surface area contributed by atoms with Gasteiger partial charge in [-0.3, -0.25) is 14.3 Å². The molecule has 0 heterocycles. The van der Waals surface area contributed by atoms with Crippen LogP contribution in [0, 0.1) is 21.7 Å². The monoisotopic (exact) mass is 297 g/mol. The summed E-state index contributed by atoms with van der Waals surface area (Å²) in [5, 5.41) is 10.8. The molecule has 0 saturated carbocycles. The minimum atomic E-state index is -1.83. The van der Waals surface area contributed by atoms with Gasteiger partial charge in [0.05, 0.1) is 26.4 Å². The van der Waals surface area contributed by atoms with Gasteiger partial charge in [0.15, 0.2) is 0 Å². The summed E-state index contributed by atoms with van der Waals surface area (Å²) in [5.74, 6) is -1.66. The molecule has 0 spiro atoms. The zero-order valence-electron chi connectivity index (χ0n) is 10.1. The number of halogens is 2. The molecule has 2 rings (SSSR count). The summed E-state index contributed by atoms with van der Waals surface area (Å²) < 4.78 is 38.7. The minimum absolute atomic E-state index is 0.0309. The van der Waals surface area contributed by atoms with E-state index in [0.29, 0.717) is 0 Å². The Balaban J connectivity index is 2.35. The fraction of sp³-hybridized carbons (Fsp3) is 0.0769. The maximum atomic E-state index is 13.5. The van der Waals surface area contributed by atoms with Crippen LogP contribution in [-0.2, 0) is 16.6 Å². The third-order valence-corrected chi connectivity index (χ3v) is 4.00. The molecule has 1 unspecified atom stereocenters. The highest BCUT2D eigenvalue weighted by Crippen LogP contribution is 2.23. The van der Waals surface area contributed by atoms with E-state index in [1.54, 1.807) is 0 Å². The van der Waals surface area contributed by atoms with Gasteiger partial charge in [0, 0.05) is 11.6 Å². The lowest BCUT2D eigenvalue weighted by atomic mass is 10.2. The fourth-order valence-electron chi connectivity index (χ4n) is 1.70. The average Bonchev–Trinajstić information content (AvgIpc) is 2.38. The topological polar surface area (TPSA) is 60.2 Å². The summed E-state index contributed by atoms with van der Waals surface area (Å²) in [4.78, 5) is 10.1. The largest absolute Gasteiger partial charge is 0.273 e. The van der Waals surface area contributed by atoms with Crippen LogP contribution in [0.1, 0.15) is 5.56 Å². The van der Waals surface area contributed by atoms with Crippen molar-refractivity contribution in [2.24, 2.45) is 0 Å². The standard InChI is InChI=1S/C13H9F2NO3S/c14-10-5-6-12(16(17)18)9(7-10)8-20(19)13-4-2-1-3-11(13)15/h1-7H,8H2. The summed E-state index contributed by atoms with van der Waals surface area (Å²) >= 11 is 0. The Morgan fingerprint density at radius 1 is 1.15 bits per heavy atom. The van der Waals surface area contributed by atoms with E-state index in [0.717, 1.165) is 24.3 Å². The highest BCUT2D eigenvalue weighted by molar-refractivity contribution is 7.84. The second-order valence-electron chi connectivity index (χ2n) is 3.95. The van der Waals surface area contributed by atoms with E-state index in [2.05, 4.69) is 0 Å². The van der Waals surface area contributed by atoms with Gasteiger partial charge in [0.25, 0.3) is 5.69 Å². The molecule has 0 saturated heterocycles. The Bertz CT molecular complexity index is 691. The fourth-order valence-corrected chi connectivity index (χ4v) is 2.88. The molecule has 2 aromatic carbocycles. The smallest absolute Gasteiger partial charge is 0.258 e. The van der Waals surface area contributed by atoms with Gasteiger partial charge in [-0.15, -0.1) is 0 Å². The Labute approximate surface area is 115 Å². The summed E-state index contributed by atoms with van der Waals surface area (Å²) in [7, 11) is -1.83. The first-order valence-corrected chi connectivity index (χ1v) is 6.86. The van der Waals surface area contributed by atoms with E-state index in [4.69, 9.17) is 0 Å². The Morgan fingerprint density at radius 2 is 1.85 bits per heavy atom. The Kier molecular flexibility index (Phi) is 4.19. The maximum Gasteiger partial charge on any atom is 0.273 e. The predicted molar refractivity (Wildman–Crippen MR) is 69.6 cm³/mol. The van der Waals surface area contributed by atoms with Crippen LogP contribution in [0.5, 0.6) is 0 Å². The summed E-state index contributed by atoms with van der Waals surface area (Å²) in [6, 6.07) is 8.33. The SMILES string of the molecule is O=[N+]([O-])c1ccc(F)cc1CS(=O)c1ccccc1F. The van der Waals surface area contributed by atoms with Gasteiger partial charge >= 0.3 is 0 Å². The molecule has 0 fully saturated rings. The van der Waals surface area contributed by atoms with E-state index >= 15 is 0 Å². The van der Waals surface area contributed by atoms with Crippen LogP contribution in [0.3, 0.4) is 0 Å². The van der Waals surface area contributed by atoms with E-state index in [1.807, 2.05) is 0 Å². The van der Waals surface area contributed by atoms with Crippen molar-refractivity contribution in [2.75, 3.05) is 0 Å². The summed E-state index contributed by atoms with van der Waals surface area (Å²) in [5.41, 5.74) is -0.368. The molecule has 0 amide bonds. The lowest BCUT2D eigenvalue weighted by Gasteiger charge is -2.05. The van der Waals surface area contributed by atoms with Crippen molar-refractivity contribution in [3.8, 4) is 0 Å². The molecular formula is C13H9F2NO3S. The second kappa shape index (κ2) is 5.87. The molecule has 4 nitrogen and oxygen atoms in total. The van der Waals surface area contributed by atoms with Crippen molar-refractivity contribution < 1.29 is 17.9 Å². The number of benzene rings is 2. The van der Waals surface area contributed by atoms with Crippen molar-refractivity contribution in [1.82, 2.24) is 0 Å². The molecule has 20 heavy (non-hydrogen) atoms. The van der Waals surface area contributed by atoms with Crippen LogP contribution < -0.4 is 0 Å². The van der Waals surface area contributed by atoms with Crippen molar-refractivity contribution in [1.29, 1.82) is 0 Å². The molecule has 0 bridgehead atoms. The lowest BCUT2D eigenvalue weighted by molar-refractivity contribution is -0.385. The average molecular weight is 297 g/mol. The first-order chi connectivity index (χ1) is 9.49. The normalized spacial score (nSPS) is 12.1. The van der Waals surface area contributed by atoms with Crippen LogP contribution in [0.2, 0.25) is 0 Å². The van der Waals surface area contributed by atoms with Gasteiger partial charge in [0.1, 0.15) is 11.6 Å². The van der Waals surface area contributed by atoms with Crippen LogP contribution in [0.15, 0.2) is 47.4 Å². The number of hydrogen-bond acceptors (Lipinski definition) is 3. The maximum absolute atomic E-state index is 13.5. The number of nitro benzene ring substituents is 1. The Hall–Kier alpha value is -2.15. The first kappa shape index (κ1) is 14.3. The highest BCUT2D eigenvalue weighted by atomic mass is 32.2. The predicted octanol–water partition coefficient (Wildman–Crippen LogP) is 3.18. The van der Waals surface area contributed by atoms with E-state index in [1.165, 1.54) is 18.2 Å². The van der Waals surface area contributed by atoms with Crippen LogP contribution in [0.25, 0.3) is 0 Å². The number of nitrogens with zero attached hydrogens (tertiary/aromatic N) is 1. The van der Waals surface area contributed by atoms with E-state index in [-0.39, 0.29) is 21.9 Å². The van der Waals surface area contributed by atoms with Crippen LogP contribution in [0.4, 0.5) is 14.5 Å². The van der Waals surface area contributed by atoms with Gasteiger partial charge in [0.2, 0.25) is 0 Å². The molecule has 0 aliphatic rings. The van der Waals surface area contributed by atoms with Crippen molar-refractivity contribution in [3.05, 3.63) is 69.8 Å². The molecular weight excluding hydrogens is 288 g/mol. The minimum Gasteiger partial charge on any atom is -0.258 e. The zero-order chi connectivity index (χ0) is 14.7. The molecule has 0 radical (unpaired) electrons. The molecule has 0 aliphatic heterocycles. The molecule has 1 atom stereocenters.